The lowest BCUT2D eigenvalue weighted by Gasteiger charge is -2.29. The van der Waals surface area contributed by atoms with Crippen LogP contribution in [0.4, 0.5) is 0 Å². The standard InChI is InChI=1S/C16H27N3O.2ClH/c1-3-19(4-2)15(14-10-6-5-7-11-14)16(20)18-13-9-8-12-17;;/h5-7,10-11,15H,3-4,8-9,12-13,17H2,1-2H3,(H,18,20);2*1H. The lowest BCUT2D eigenvalue weighted by atomic mass is 10.0. The van der Waals surface area contributed by atoms with Crippen LogP contribution >= 0.6 is 24.8 Å². The van der Waals surface area contributed by atoms with Gasteiger partial charge in [-0.15, -0.1) is 24.8 Å². The highest BCUT2D eigenvalue weighted by Gasteiger charge is 2.25. The Morgan fingerprint density at radius 2 is 1.73 bits per heavy atom. The van der Waals surface area contributed by atoms with E-state index in [0.29, 0.717) is 13.1 Å². The SMILES string of the molecule is CCN(CC)C(C(=O)NCCCCN)c1ccccc1.Cl.Cl. The number of halogens is 2. The van der Waals surface area contributed by atoms with Crippen LogP contribution in [-0.2, 0) is 4.79 Å². The first-order chi connectivity index (χ1) is 9.74. The third kappa shape index (κ3) is 7.45. The number of hydrogen-bond acceptors (Lipinski definition) is 3. The van der Waals surface area contributed by atoms with Crippen molar-refractivity contribution < 1.29 is 4.79 Å². The van der Waals surface area contributed by atoms with Gasteiger partial charge < -0.3 is 11.1 Å². The van der Waals surface area contributed by atoms with Crippen LogP contribution in [0, 0.1) is 0 Å². The second-order valence-corrected chi connectivity index (χ2v) is 4.82. The second kappa shape index (κ2) is 13.8. The van der Waals surface area contributed by atoms with Gasteiger partial charge in [0, 0.05) is 6.54 Å². The van der Waals surface area contributed by atoms with E-state index in [1.54, 1.807) is 0 Å². The molecule has 0 saturated carbocycles. The molecule has 0 spiro atoms. The van der Waals surface area contributed by atoms with E-state index >= 15 is 0 Å². The second-order valence-electron chi connectivity index (χ2n) is 4.82. The molecule has 0 saturated heterocycles. The minimum absolute atomic E-state index is 0. The van der Waals surface area contributed by atoms with Crippen molar-refractivity contribution in [1.82, 2.24) is 10.2 Å². The van der Waals surface area contributed by atoms with E-state index in [4.69, 9.17) is 5.73 Å². The maximum absolute atomic E-state index is 12.5. The van der Waals surface area contributed by atoms with Gasteiger partial charge in [0.1, 0.15) is 6.04 Å². The molecule has 22 heavy (non-hydrogen) atoms. The highest BCUT2D eigenvalue weighted by atomic mass is 35.5. The van der Waals surface area contributed by atoms with Crippen molar-refractivity contribution in [2.75, 3.05) is 26.2 Å². The molecule has 0 fully saturated rings. The summed E-state index contributed by atoms with van der Waals surface area (Å²) in [6.45, 7) is 7.25. The first-order valence-electron chi connectivity index (χ1n) is 7.51. The summed E-state index contributed by atoms with van der Waals surface area (Å²) in [5.41, 5.74) is 6.52. The predicted molar refractivity (Wildman–Crippen MR) is 97.9 cm³/mol. The van der Waals surface area contributed by atoms with Gasteiger partial charge in [0.25, 0.3) is 0 Å². The summed E-state index contributed by atoms with van der Waals surface area (Å²) in [7, 11) is 0. The quantitative estimate of drug-likeness (QED) is 0.674. The van der Waals surface area contributed by atoms with Gasteiger partial charge in [0.15, 0.2) is 0 Å². The number of nitrogens with one attached hydrogen (secondary N) is 1. The van der Waals surface area contributed by atoms with Gasteiger partial charge in [0.2, 0.25) is 5.91 Å². The maximum atomic E-state index is 12.5. The van der Waals surface area contributed by atoms with E-state index in [0.717, 1.165) is 31.5 Å². The molecule has 1 aromatic carbocycles. The molecule has 3 N–H and O–H groups in total. The molecular weight excluding hydrogens is 321 g/mol. The first-order valence-corrected chi connectivity index (χ1v) is 7.51. The highest BCUT2D eigenvalue weighted by Crippen LogP contribution is 2.20. The van der Waals surface area contributed by atoms with Crippen molar-refractivity contribution in [3.8, 4) is 0 Å². The normalized spacial score (nSPS) is 11.3. The summed E-state index contributed by atoms with van der Waals surface area (Å²) < 4.78 is 0. The van der Waals surface area contributed by atoms with Crippen molar-refractivity contribution in [3.05, 3.63) is 35.9 Å². The third-order valence-corrected chi connectivity index (χ3v) is 3.47. The van der Waals surface area contributed by atoms with E-state index in [1.165, 1.54) is 0 Å². The molecule has 1 aromatic rings. The van der Waals surface area contributed by atoms with Crippen LogP contribution < -0.4 is 11.1 Å². The van der Waals surface area contributed by atoms with E-state index < -0.39 is 0 Å². The number of benzene rings is 1. The number of likely N-dealkylation sites (N-methyl/N-ethyl adjacent to an activating group) is 1. The number of amides is 1. The summed E-state index contributed by atoms with van der Waals surface area (Å²) >= 11 is 0. The van der Waals surface area contributed by atoms with Crippen molar-refractivity contribution in [2.24, 2.45) is 5.73 Å². The number of hydrogen-bond donors (Lipinski definition) is 2. The van der Waals surface area contributed by atoms with Crippen LogP contribution in [-0.4, -0.2) is 37.0 Å². The summed E-state index contributed by atoms with van der Waals surface area (Å²) in [5, 5.41) is 3.03. The molecule has 1 atom stereocenters. The van der Waals surface area contributed by atoms with Gasteiger partial charge in [-0.2, -0.15) is 0 Å². The van der Waals surface area contributed by atoms with Crippen LogP contribution in [0.1, 0.15) is 38.3 Å². The molecule has 0 radical (unpaired) electrons. The molecule has 128 valence electrons. The average molecular weight is 350 g/mol. The maximum Gasteiger partial charge on any atom is 0.241 e. The third-order valence-electron chi connectivity index (χ3n) is 3.47. The van der Waals surface area contributed by atoms with E-state index in [9.17, 15) is 4.79 Å². The largest absolute Gasteiger partial charge is 0.354 e. The van der Waals surface area contributed by atoms with Gasteiger partial charge >= 0.3 is 0 Å². The molecule has 1 rings (SSSR count). The fourth-order valence-electron chi connectivity index (χ4n) is 2.33. The van der Waals surface area contributed by atoms with Gasteiger partial charge in [-0.1, -0.05) is 44.2 Å². The number of unbranched alkanes of at least 4 members (excludes halogenated alkanes) is 1. The van der Waals surface area contributed by atoms with Gasteiger partial charge in [-0.05, 0) is 38.0 Å². The molecule has 0 bridgehead atoms. The number of carbonyl (C=O) groups is 1. The zero-order chi connectivity index (χ0) is 14.8. The zero-order valence-electron chi connectivity index (χ0n) is 13.5. The first kappa shape index (κ1) is 23.5. The van der Waals surface area contributed by atoms with Crippen molar-refractivity contribution in [2.45, 2.75) is 32.7 Å². The van der Waals surface area contributed by atoms with Crippen LogP contribution in [0.3, 0.4) is 0 Å². The molecular formula is C16H29Cl2N3O. The van der Waals surface area contributed by atoms with E-state index in [2.05, 4.69) is 24.1 Å². The molecule has 0 aliphatic carbocycles. The number of rotatable bonds is 9. The molecule has 0 aliphatic rings. The predicted octanol–water partition coefficient (Wildman–Crippen LogP) is 2.77. The lowest BCUT2D eigenvalue weighted by Crippen LogP contribution is -2.40. The van der Waals surface area contributed by atoms with E-state index in [-0.39, 0.29) is 36.8 Å². The van der Waals surface area contributed by atoms with Crippen LogP contribution in [0.15, 0.2) is 30.3 Å². The molecule has 4 nitrogen and oxygen atoms in total. The Balaban J connectivity index is 0. The topological polar surface area (TPSA) is 58.4 Å². The molecule has 0 aliphatic heterocycles. The zero-order valence-corrected chi connectivity index (χ0v) is 15.1. The molecule has 1 amide bonds. The van der Waals surface area contributed by atoms with Crippen LogP contribution in [0.2, 0.25) is 0 Å². The fourth-order valence-corrected chi connectivity index (χ4v) is 2.33. The van der Waals surface area contributed by atoms with Gasteiger partial charge in [0.05, 0.1) is 0 Å². The van der Waals surface area contributed by atoms with Gasteiger partial charge in [-0.3, -0.25) is 9.69 Å². The van der Waals surface area contributed by atoms with Crippen LogP contribution in [0.5, 0.6) is 0 Å². The Bertz CT molecular complexity index is 386. The molecule has 0 aromatic heterocycles. The summed E-state index contributed by atoms with van der Waals surface area (Å²) in [6, 6.07) is 9.76. The summed E-state index contributed by atoms with van der Waals surface area (Å²) in [5.74, 6) is 0.0805. The number of nitrogens with zero attached hydrogens (tertiary/aromatic N) is 1. The fraction of sp³-hybridized carbons (Fsp3) is 0.562. The minimum atomic E-state index is -0.205. The highest BCUT2D eigenvalue weighted by molar-refractivity contribution is 5.85. The molecule has 0 heterocycles. The average Bonchev–Trinajstić information content (AvgIpc) is 2.49. The molecule has 6 heteroatoms. The van der Waals surface area contributed by atoms with Crippen molar-refractivity contribution >= 4 is 30.7 Å². The van der Waals surface area contributed by atoms with E-state index in [1.807, 2.05) is 30.3 Å². The Labute approximate surface area is 146 Å². The lowest BCUT2D eigenvalue weighted by molar-refractivity contribution is -0.126. The smallest absolute Gasteiger partial charge is 0.241 e. The number of carbonyl (C=O) groups excluding carboxylic acids is 1. The van der Waals surface area contributed by atoms with Gasteiger partial charge in [-0.25, -0.2) is 0 Å². The number of nitrogens with two attached hydrogens (primary N) is 1. The summed E-state index contributed by atoms with van der Waals surface area (Å²) in [4.78, 5) is 14.7. The Hall–Kier alpha value is -0.810. The minimum Gasteiger partial charge on any atom is -0.354 e. The van der Waals surface area contributed by atoms with Crippen molar-refractivity contribution in [3.63, 3.8) is 0 Å². The Morgan fingerprint density at radius 1 is 1.14 bits per heavy atom. The molecule has 1 unspecified atom stereocenters. The Morgan fingerprint density at radius 3 is 2.23 bits per heavy atom. The summed E-state index contributed by atoms with van der Waals surface area (Å²) in [6.07, 6.45) is 1.88. The monoisotopic (exact) mass is 349 g/mol. The van der Waals surface area contributed by atoms with Crippen molar-refractivity contribution in [1.29, 1.82) is 0 Å². The Kier molecular flexibility index (Phi) is 14.7. The van der Waals surface area contributed by atoms with Crippen LogP contribution in [0.25, 0.3) is 0 Å².